The van der Waals surface area contributed by atoms with E-state index >= 15 is 0 Å². The molecule has 0 aliphatic heterocycles. The van der Waals surface area contributed by atoms with E-state index in [1.165, 1.54) is 0 Å². The van der Waals surface area contributed by atoms with Gasteiger partial charge in [-0.15, -0.1) is 5.10 Å². The highest BCUT2D eigenvalue weighted by Gasteiger charge is 2.26. The third kappa shape index (κ3) is 5.35. The number of Topliss-reactive ketones (excluding diaryl/α,β-unsaturated/α-hetero) is 1. The topological polar surface area (TPSA) is 88.8 Å². The second kappa shape index (κ2) is 9.15. The molecule has 0 radical (unpaired) electrons. The zero-order valence-corrected chi connectivity index (χ0v) is 20.3. The van der Waals surface area contributed by atoms with Crippen LogP contribution < -0.4 is 10.1 Å². The number of carbonyl (C=O) groups is 1. The van der Waals surface area contributed by atoms with Gasteiger partial charge in [-0.3, -0.25) is 4.79 Å². The molecule has 2 N–H and O–H groups in total. The van der Waals surface area contributed by atoms with Crippen molar-refractivity contribution in [1.29, 1.82) is 0 Å². The van der Waals surface area contributed by atoms with E-state index in [2.05, 4.69) is 10.3 Å². The number of aromatic nitrogens is 3. The summed E-state index contributed by atoms with van der Waals surface area (Å²) in [4.78, 5) is 17.3. The maximum Gasteiger partial charge on any atom is 0.239 e. The maximum atomic E-state index is 12.7. The molecule has 1 saturated carbocycles. The van der Waals surface area contributed by atoms with Gasteiger partial charge in [0.2, 0.25) is 5.88 Å². The quantitative estimate of drug-likeness (QED) is 0.307. The Bertz CT molecular complexity index is 1370. The lowest BCUT2D eigenvalue weighted by atomic mass is 9.98. The molecule has 1 aliphatic rings. The molecule has 1 aliphatic carbocycles. The van der Waals surface area contributed by atoms with E-state index in [1.54, 1.807) is 30.6 Å². The van der Waals surface area contributed by atoms with Gasteiger partial charge >= 0.3 is 0 Å². The van der Waals surface area contributed by atoms with Crippen LogP contribution in [-0.2, 0) is 0 Å². The van der Waals surface area contributed by atoms with Gasteiger partial charge in [0.05, 0.1) is 23.2 Å². The lowest BCUT2D eigenvalue weighted by Crippen LogP contribution is -2.29. The number of ether oxygens (including phenoxy) is 1. The highest BCUT2D eigenvalue weighted by atomic mass is 16.5. The molecular formula is C28H30N4O3. The molecule has 0 amide bonds. The van der Waals surface area contributed by atoms with Crippen LogP contribution in [0.4, 0.5) is 5.69 Å². The Morgan fingerprint density at radius 3 is 2.63 bits per heavy atom. The zero-order valence-electron chi connectivity index (χ0n) is 20.3. The fourth-order valence-electron chi connectivity index (χ4n) is 4.07. The summed E-state index contributed by atoms with van der Waals surface area (Å²) in [7, 11) is 0. The molecule has 0 atom stereocenters. The first-order valence-electron chi connectivity index (χ1n) is 12.0. The fourth-order valence-corrected chi connectivity index (χ4v) is 4.07. The van der Waals surface area contributed by atoms with Gasteiger partial charge in [-0.05, 0) is 63.3 Å². The van der Waals surface area contributed by atoms with Crippen molar-refractivity contribution in [2.75, 3.05) is 11.9 Å². The molecule has 4 aromatic rings. The maximum absolute atomic E-state index is 12.7. The Balaban J connectivity index is 1.53. The van der Waals surface area contributed by atoms with E-state index in [1.807, 2.05) is 55.5 Å². The molecule has 2 aromatic heterocycles. The first kappa shape index (κ1) is 23.1. The minimum Gasteiger partial charge on any atom is -0.438 e. The van der Waals surface area contributed by atoms with Gasteiger partial charge in [0.25, 0.3) is 0 Å². The monoisotopic (exact) mass is 470 g/mol. The molecule has 0 unspecified atom stereocenters. The van der Waals surface area contributed by atoms with E-state index < -0.39 is 5.60 Å². The molecule has 7 nitrogen and oxygen atoms in total. The number of rotatable bonds is 9. The average Bonchev–Trinajstić information content (AvgIpc) is 3.53. The molecule has 2 heterocycles. The summed E-state index contributed by atoms with van der Waals surface area (Å²) in [5, 5.41) is 18.2. The molecule has 0 bridgehead atoms. The van der Waals surface area contributed by atoms with Crippen molar-refractivity contribution in [3.05, 3.63) is 71.9 Å². The summed E-state index contributed by atoms with van der Waals surface area (Å²) in [5.41, 5.74) is 3.84. The number of benzene rings is 2. The van der Waals surface area contributed by atoms with E-state index in [0.717, 1.165) is 35.2 Å². The van der Waals surface area contributed by atoms with Crippen LogP contribution in [0.5, 0.6) is 11.6 Å². The molecule has 7 heteroatoms. The number of ketones is 1. The molecule has 0 spiro atoms. The zero-order chi connectivity index (χ0) is 24.6. The largest absolute Gasteiger partial charge is 0.438 e. The SMILES string of the molecule is Cc1cc(-c2cnc3c(NCC(C)(C)O)cc(Oc4ccccc4)nn23)ccc1C(=O)CC1CC1. The Kier molecular flexibility index (Phi) is 6.03. The predicted octanol–water partition coefficient (Wildman–Crippen LogP) is 5.66. The number of imidazole rings is 1. The number of aliphatic hydroxyl groups is 1. The van der Waals surface area contributed by atoms with Gasteiger partial charge in [0.1, 0.15) is 5.75 Å². The summed E-state index contributed by atoms with van der Waals surface area (Å²) in [5.74, 6) is 1.84. The predicted molar refractivity (Wildman–Crippen MR) is 136 cm³/mol. The van der Waals surface area contributed by atoms with E-state index in [0.29, 0.717) is 41.8 Å². The van der Waals surface area contributed by atoms with Crippen LogP contribution >= 0.6 is 0 Å². The highest BCUT2D eigenvalue weighted by Crippen LogP contribution is 2.35. The van der Waals surface area contributed by atoms with Crippen molar-refractivity contribution in [2.45, 2.75) is 45.6 Å². The second-order valence-corrected chi connectivity index (χ2v) is 9.96. The highest BCUT2D eigenvalue weighted by molar-refractivity contribution is 5.98. The number of hydrogen-bond acceptors (Lipinski definition) is 6. The summed E-state index contributed by atoms with van der Waals surface area (Å²) >= 11 is 0. The Hall–Kier alpha value is -3.71. The minimum absolute atomic E-state index is 0.212. The Morgan fingerprint density at radius 1 is 1.17 bits per heavy atom. The minimum atomic E-state index is -0.907. The van der Waals surface area contributed by atoms with E-state index in [-0.39, 0.29) is 5.78 Å². The van der Waals surface area contributed by atoms with Gasteiger partial charge in [0, 0.05) is 30.2 Å². The van der Waals surface area contributed by atoms with Crippen LogP contribution in [0.2, 0.25) is 0 Å². The number of para-hydroxylation sites is 1. The van der Waals surface area contributed by atoms with Crippen LogP contribution in [0.15, 0.2) is 60.8 Å². The third-order valence-corrected chi connectivity index (χ3v) is 6.12. The van der Waals surface area contributed by atoms with Crippen LogP contribution in [0.25, 0.3) is 16.9 Å². The van der Waals surface area contributed by atoms with Gasteiger partial charge in [-0.1, -0.05) is 30.3 Å². The first-order valence-corrected chi connectivity index (χ1v) is 12.0. The van der Waals surface area contributed by atoms with E-state index in [9.17, 15) is 9.90 Å². The van der Waals surface area contributed by atoms with Gasteiger partial charge in [-0.25, -0.2) is 9.50 Å². The Labute approximate surface area is 204 Å². The van der Waals surface area contributed by atoms with Crippen molar-refractivity contribution in [1.82, 2.24) is 14.6 Å². The lowest BCUT2D eigenvalue weighted by Gasteiger charge is -2.19. The van der Waals surface area contributed by atoms with Crippen LogP contribution in [0.1, 0.15) is 49.0 Å². The summed E-state index contributed by atoms with van der Waals surface area (Å²) < 4.78 is 7.77. The van der Waals surface area contributed by atoms with Crippen molar-refractivity contribution < 1.29 is 14.6 Å². The molecule has 35 heavy (non-hydrogen) atoms. The molecule has 2 aromatic carbocycles. The third-order valence-electron chi connectivity index (χ3n) is 6.12. The number of fused-ring (bicyclic) bond motifs is 1. The molecule has 5 rings (SSSR count). The summed E-state index contributed by atoms with van der Waals surface area (Å²) in [6, 6.07) is 17.1. The van der Waals surface area contributed by atoms with Crippen molar-refractivity contribution in [3.8, 4) is 22.9 Å². The number of hydrogen-bond donors (Lipinski definition) is 2. The molecule has 0 saturated heterocycles. The number of nitrogens with one attached hydrogen (secondary N) is 1. The number of nitrogens with zero attached hydrogens (tertiary/aromatic N) is 3. The molecule has 1 fully saturated rings. The number of aryl methyl sites for hydroxylation is 1. The van der Waals surface area contributed by atoms with Crippen molar-refractivity contribution in [2.24, 2.45) is 5.92 Å². The molecular weight excluding hydrogens is 440 g/mol. The van der Waals surface area contributed by atoms with Crippen LogP contribution in [0.3, 0.4) is 0 Å². The smallest absolute Gasteiger partial charge is 0.239 e. The molecule has 180 valence electrons. The number of carbonyl (C=O) groups excluding carboxylic acids is 1. The van der Waals surface area contributed by atoms with Crippen LogP contribution in [0, 0.1) is 12.8 Å². The number of anilines is 1. The van der Waals surface area contributed by atoms with Gasteiger partial charge in [-0.2, -0.15) is 0 Å². The second-order valence-electron chi connectivity index (χ2n) is 9.96. The lowest BCUT2D eigenvalue weighted by molar-refractivity contribution is 0.0943. The standard InChI is InChI=1S/C28H30N4O3/c1-18-13-20(11-12-22(18)25(33)14-19-9-10-19)24-16-29-27-23(30-17-28(2,3)34)15-26(31-32(24)27)35-21-7-5-4-6-8-21/h4-8,11-13,15-16,19,30,34H,9-10,14,17H2,1-3H3. The van der Waals surface area contributed by atoms with E-state index in [4.69, 9.17) is 9.84 Å². The summed E-state index contributed by atoms with van der Waals surface area (Å²) in [6.45, 7) is 5.79. The fraction of sp³-hybridized carbons (Fsp3) is 0.321. The van der Waals surface area contributed by atoms with Crippen LogP contribution in [-0.4, -0.2) is 37.6 Å². The summed E-state index contributed by atoms with van der Waals surface area (Å²) in [6.07, 6.45) is 4.72. The Morgan fingerprint density at radius 2 is 1.94 bits per heavy atom. The van der Waals surface area contributed by atoms with Crippen molar-refractivity contribution in [3.63, 3.8) is 0 Å². The average molecular weight is 471 g/mol. The normalized spacial score (nSPS) is 13.7. The van der Waals surface area contributed by atoms with Crippen molar-refractivity contribution >= 4 is 17.1 Å². The van der Waals surface area contributed by atoms with Gasteiger partial charge < -0.3 is 15.2 Å². The first-order chi connectivity index (χ1) is 16.8. The van der Waals surface area contributed by atoms with Gasteiger partial charge in [0.15, 0.2) is 11.4 Å².